The molecule has 3 aromatic rings. The van der Waals surface area contributed by atoms with E-state index in [1.165, 1.54) is 12.1 Å². The fourth-order valence-electron chi connectivity index (χ4n) is 5.15. The molecular weight excluding hydrogens is 485 g/mol. The first-order chi connectivity index (χ1) is 18.1. The van der Waals surface area contributed by atoms with Crippen LogP contribution in [0.3, 0.4) is 0 Å². The Morgan fingerprint density at radius 3 is 2.42 bits per heavy atom. The number of methoxy groups -OCH3 is 2. The number of carbonyl (C=O) groups is 1. The van der Waals surface area contributed by atoms with Crippen LogP contribution in [-0.2, 0) is 10.2 Å². The van der Waals surface area contributed by atoms with E-state index < -0.39 is 5.41 Å². The molecule has 38 heavy (non-hydrogen) atoms. The Morgan fingerprint density at radius 1 is 1.13 bits per heavy atom. The van der Waals surface area contributed by atoms with Crippen molar-refractivity contribution in [2.24, 2.45) is 0 Å². The second-order valence-corrected chi connectivity index (χ2v) is 10.3. The molecular formula is C30H36FN3O4. The van der Waals surface area contributed by atoms with Gasteiger partial charge >= 0.3 is 0 Å². The minimum Gasteiger partial charge on any atom is -0.497 e. The number of hydrogen-bond acceptors (Lipinski definition) is 6. The molecule has 1 N–H and O–H groups in total. The van der Waals surface area contributed by atoms with E-state index in [1.54, 1.807) is 44.5 Å². The molecule has 1 saturated heterocycles. The number of halogens is 1. The van der Waals surface area contributed by atoms with E-state index in [1.807, 2.05) is 39.0 Å². The fraction of sp³-hybridized carbons (Fsp3) is 0.400. The normalized spacial score (nSPS) is 15.5. The number of likely N-dealkylation sites (N-methyl/N-ethyl adjacent to an activating group) is 1. The van der Waals surface area contributed by atoms with E-state index in [4.69, 9.17) is 14.5 Å². The largest absolute Gasteiger partial charge is 0.497 e. The van der Waals surface area contributed by atoms with Crippen molar-refractivity contribution in [1.82, 2.24) is 4.98 Å². The number of amides is 1. The molecule has 1 aromatic heterocycles. The summed E-state index contributed by atoms with van der Waals surface area (Å²) in [5.74, 6) is 1.44. The van der Waals surface area contributed by atoms with Gasteiger partial charge in [-0.15, -0.1) is 0 Å². The predicted octanol–water partition coefficient (Wildman–Crippen LogP) is 5.12. The van der Waals surface area contributed by atoms with Gasteiger partial charge in [0.2, 0.25) is 5.91 Å². The first-order valence-corrected chi connectivity index (χ1v) is 12.8. The zero-order valence-corrected chi connectivity index (χ0v) is 22.9. The average molecular weight is 522 g/mol. The molecule has 202 valence electrons. The van der Waals surface area contributed by atoms with E-state index >= 15 is 0 Å². The first-order valence-electron chi connectivity index (χ1n) is 12.8. The summed E-state index contributed by atoms with van der Waals surface area (Å²) in [5, 5.41) is 9.86. The molecule has 1 aliphatic rings. The maximum absolute atomic E-state index is 14.0. The van der Waals surface area contributed by atoms with Crippen molar-refractivity contribution in [2.75, 3.05) is 44.2 Å². The topological polar surface area (TPSA) is 75.1 Å². The maximum atomic E-state index is 14.0. The quantitative estimate of drug-likeness (QED) is 0.444. The molecule has 0 unspecified atom stereocenters. The maximum Gasteiger partial charge on any atom is 0.236 e. The Morgan fingerprint density at radius 2 is 1.82 bits per heavy atom. The molecule has 1 amide bonds. The number of aromatic nitrogens is 1. The van der Waals surface area contributed by atoms with Gasteiger partial charge in [-0.3, -0.25) is 4.79 Å². The minimum atomic E-state index is -0.929. The summed E-state index contributed by atoms with van der Waals surface area (Å²) in [7, 11) is 4.88. The molecule has 2 heterocycles. The lowest BCUT2D eigenvalue weighted by Crippen LogP contribution is -2.42. The Bertz CT molecular complexity index is 1300. The highest BCUT2D eigenvalue weighted by Crippen LogP contribution is 2.39. The second-order valence-electron chi connectivity index (χ2n) is 10.3. The lowest BCUT2D eigenvalue weighted by atomic mass is 9.82. The zero-order chi connectivity index (χ0) is 27.6. The smallest absolute Gasteiger partial charge is 0.236 e. The van der Waals surface area contributed by atoms with Gasteiger partial charge in [-0.1, -0.05) is 6.07 Å². The van der Waals surface area contributed by atoms with Crippen LogP contribution in [0, 0.1) is 12.7 Å². The number of hydrogen-bond donors (Lipinski definition) is 1. The molecule has 0 radical (unpaired) electrons. The summed E-state index contributed by atoms with van der Waals surface area (Å²) in [6, 6.07) is 12.0. The zero-order valence-electron chi connectivity index (χ0n) is 22.9. The SMILES string of the molecule is COc1cc(OC)cc(C(C)(C)C(=O)N(C)c2cnc(N3CCC[C@H]3CO)cc2-c2ccc(F)cc2C)c1. The molecule has 4 rings (SSSR count). The van der Waals surface area contributed by atoms with Gasteiger partial charge in [-0.05, 0) is 80.6 Å². The lowest BCUT2D eigenvalue weighted by molar-refractivity contribution is -0.122. The van der Waals surface area contributed by atoms with Gasteiger partial charge in [0.25, 0.3) is 0 Å². The summed E-state index contributed by atoms with van der Waals surface area (Å²) in [6.45, 7) is 6.41. The van der Waals surface area contributed by atoms with Gasteiger partial charge in [0.1, 0.15) is 23.1 Å². The van der Waals surface area contributed by atoms with Crippen molar-refractivity contribution >= 4 is 17.4 Å². The number of aryl methyl sites for hydroxylation is 1. The Balaban J connectivity index is 1.80. The van der Waals surface area contributed by atoms with Crippen molar-refractivity contribution < 1.29 is 23.8 Å². The molecule has 0 saturated carbocycles. The molecule has 7 nitrogen and oxygen atoms in total. The van der Waals surface area contributed by atoms with Crippen LogP contribution < -0.4 is 19.3 Å². The van der Waals surface area contributed by atoms with Crippen molar-refractivity contribution in [3.8, 4) is 22.6 Å². The third-order valence-corrected chi connectivity index (χ3v) is 7.50. The van der Waals surface area contributed by atoms with Crippen LogP contribution in [0.1, 0.15) is 37.8 Å². The first kappa shape index (κ1) is 27.4. The van der Waals surface area contributed by atoms with Crippen LogP contribution in [0.4, 0.5) is 15.9 Å². The fourth-order valence-corrected chi connectivity index (χ4v) is 5.15. The Kier molecular flexibility index (Phi) is 7.92. The highest BCUT2D eigenvalue weighted by molar-refractivity contribution is 6.03. The minimum absolute atomic E-state index is 0.00292. The van der Waals surface area contributed by atoms with Crippen LogP contribution in [-0.4, -0.2) is 56.5 Å². The van der Waals surface area contributed by atoms with Crippen LogP contribution in [0.15, 0.2) is 48.7 Å². The van der Waals surface area contributed by atoms with Crippen molar-refractivity contribution in [3.63, 3.8) is 0 Å². The number of rotatable bonds is 8. The van der Waals surface area contributed by atoms with Crippen molar-refractivity contribution in [3.05, 3.63) is 65.6 Å². The molecule has 2 aromatic carbocycles. The van der Waals surface area contributed by atoms with Gasteiger partial charge in [0.15, 0.2) is 0 Å². The summed E-state index contributed by atoms with van der Waals surface area (Å²) >= 11 is 0. The van der Waals surface area contributed by atoms with Gasteiger partial charge in [-0.2, -0.15) is 0 Å². The summed E-state index contributed by atoms with van der Waals surface area (Å²) in [5.41, 5.74) is 2.76. The predicted molar refractivity (Wildman–Crippen MR) is 148 cm³/mol. The Hall–Kier alpha value is -3.65. The van der Waals surface area contributed by atoms with E-state index in [2.05, 4.69) is 4.90 Å². The molecule has 1 aliphatic heterocycles. The second kappa shape index (κ2) is 11.0. The highest BCUT2D eigenvalue weighted by Gasteiger charge is 2.35. The van der Waals surface area contributed by atoms with Crippen LogP contribution >= 0.6 is 0 Å². The number of anilines is 2. The standard InChI is InChI=1S/C30H36FN3O4/c1-19-12-21(31)9-10-25(19)26-16-28(34-11-7-8-22(34)18-35)32-17-27(26)33(4)29(36)30(2,3)20-13-23(37-5)15-24(14-20)38-6/h9-10,12-17,22,35H,7-8,11,18H2,1-6H3/t22-/m0/s1. The molecule has 1 fully saturated rings. The molecule has 0 aliphatic carbocycles. The number of carbonyl (C=O) groups excluding carboxylic acids is 1. The number of pyridine rings is 1. The van der Waals surface area contributed by atoms with Gasteiger partial charge in [0.05, 0.1) is 44.2 Å². The number of aliphatic hydroxyl groups excluding tert-OH is 1. The molecule has 8 heteroatoms. The average Bonchev–Trinajstić information content (AvgIpc) is 3.40. The number of nitrogens with zero attached hydrogens (tertiary/aromatic N) is 3. The van der Waals surface area contributed by atoms with Gasteiger partial charge in [0, 0.05) is 25.2 Å². The lowest BCUT2D eigenvalue weighted by Gasteiger charge is -2.32. The summed E-state index contributed by atoms with van der Waals surface area (Å²) < 4.78 is 24.9. The third kappa shape index (κ3) is 5.18. The van der Waals surface area contributed by atoms with Crippen LogP contribution in [0.5, 0.6) is 11.5 Å². The molecule has 0 bridgehead atoms. The number of ether oxygens (including phenoxy) is 2. The van der Waals surface area contributed by atoms with Crippen molar-refractivity contribution in [1.29, 1.82) is 0 Å². The third-order valence-electron chi connectivity index (χ3n) is 7.50. The number of aliphatic hydroxyl groups is 1. The highest BCUT2D eigenvalue weighted by atomic mass is 19.1. The van der Waals surface area contributed by atoms with Crippen molar-refractivity contribution in [2.45, 2.75) is 45.1 Å². The molecule has 1 atom stereocenters. The number of benzene rings is 2. The van der Waals surface area contributed by atoms with E-state index in [9.17, 15) is 14.3 Å². The van der Waals surface area contributed by atoms with Crippen LogP contribution in [0.2, 0.25) is 0 Å². The van der Waals surface area contributed by atoms with E-state index in [0.29, 0.717) is 17.2 Å². The monoisotopic (exact) mass is 521 g/mol. The van der Waals surface area contributed by atoms with E-state index in [0.717, 1.165) is 47.5 Å². The van der Waals surface area contributed by atoms with Crippen LogP contribution in [0.25, 0.3) is 11.1 Å². The molecule has 0 spiro atoms. The van der Waals surface area contributed by atoms with E-state index in [-0.39, 0.29) is 24.4 Å². The van der Waals surface area contributed by atoms with Gasteiger partial charge < -0.3 is 24.4 Å². The summed E-state index contributed by atoms with van der Waals surface area (Å²) in [4.78, 5) is 22.5. The summed E-state index contributed by atoms with van der Waals surface area (Å²) in [6.07, 6.45) is 3.55. The van der Waals surface area contributed by atoms with Gasteiger partial charge in [-0.25, -0.2) is 9.37 Å². The Labute approximate surface area is 223 Å².